The maximum absolute atomic E-state index is 6.35. The van der Waals surface area contributed by atoms with Gasteiger partial charge in [0.2, 0.25) is 0 Å². The molecule has 1 N–H and O–H groups in total. The van der Waals surface area contributed by atoms with E-state index in [0.717, 1.165) is 50.5 Å². The Morgan fingerprint density at radius 1 is 0.886 bits per heavy atom. The van der Waals surface area contributed by atoms with Crippen molar-refractivity contribution >= 4 is 10.9 Å². The first-order chi connectivity index (χ1) is 16.7. The number of fused-ring (bicyclic) bond motifs is 1. The number of nitrogens with one attached hydrogen (secondary N) is 1. The van der Waals surface area contributed by atoms with Gasteiger partial charge in [-0.15, -0.1) is 0 Å². The highest BCUT2D eigenvalue weighted by Gasteiger charge is 2.20. The Hall–Kier alpha value is -3.34. The van der Waals surface area contributed by atoms with Crippen LogP contribution in [0.15, 0.2) is 42.6 Å². The van der Waals surface area contributed by atoms with Crippen LogP contribution in [0.1, 0.15) is 81.3 Å². The minimum absolute atomic E-state index is 0.0312. The van der Waals surface area contributed by atoms with E-state index in [-0.39, 0.29) is 6.10 Å². The Kier molecular flexibility index (Phi) is 7.15. The Morgan fingerprint density at radius 2 is 1.66 bits per heavy atom. The summed E-state index contributed by atoms with van der Waals surface area (Å²) in [4.78, 5) is 5.06. The standard InChI is InChI=1S/C30H37N3O2/c1-17(2)22-10-9-20(7)28(13-22)34-16-25-21(8)32-27(14-29(25)35-19(5)6)30-23(18(3)4)11-12-26-24(30)15-31-33-26/h9-15,17-19H,16H2,1-8H3,(H,31,33). The fourth-order valence-corrected chi connectivity index (χ4v) is 4.42. The van der Waals surface area contributed by atoms with Gasteiger partial charge in [-0.1, -0.05) is 45.9 Å². The highest BCUT2D eigenvalue weighted by molar-refractivity contribution is 5.95. The van der Waals surface area contributed by atoms with Crippen molar-refractivity contribution in [2.45, 2.75) is 79.9 Å². The number of aromatic amines is 1. The van der Waals surface area contributed by atoms with E-state index in [4.69, 9.17) is 14.5 Å². The highest BCUT2D eigenvalue weighted by Crippen LogP contribution is 2.38. The average Bonchev–Trinajstić information content (AvgIpc) is 3.27. The lowest BCUT2D eigenvalue weighted by atomic mass is 9.92. The Morgan fingerprint density at radius 3 is 2.34 bits per heavy atom. The van der Waals surface area contributed by atoms with Crippen LogP contribution in [-0.4, -0.2) is 21.3 Å². The van der Waals surface area contributed by atoms with Gasteiger partial charge in [-0.3, -0.25) is 10.1 Å². The SMILES string of the molecule is Cc1ccc(C(C)C)cc1OCc1c(OC(C)C)cc(-c2c(C(C)C)ccc3[nH]ncc23)nc1C. The second-order valence-corrected chi connectivity index (χ2v) is 10.2. The molecule has 0 saturated carbocycles. The zero-order valence-electron chi connectivity index (χ0n) is 22.2. The average molecular weight is 472 g/mol. The molecule has 4 rings (SSSR count). The van der Waals surface area contributed by atoms with E-state index < -0.39 is 0 Å². The second kappa shape index (κ2) is 10.1. The van der Waals surface area contributed by atoms with Crippen LogP contribution in [0.5, 0.6) is 11.5 Å². The lowest BCUT2D eigenvalue weighted by Gasteiger charge is -2.20. The molecule has 0 fully saturated rings. The number of aromatic nitrogens is 3. The predicted molar refractivity (Wildman–Crippen MR) is 144 cm³/mol. The van der Waals surface area contributed by atoms with Crippen LogP contribution in [0.25, 0.3) is 22.2 Å². The zero-order valence-corrected chi connectivity index (χ0v) is 22.2. The minimum atomic E-state index is 0.0312. The first kappa shape index (κ1) is 24.8. The van der Waals surface area contributed by atoms with Gasteiger partial charge in [-0.2, -0.15) is 5.10 Å². The molecular weight excluding hydrogens is 434 g/mol. The van der Waals surface area contributed by atoms with Gasteiger partial charge in [0, 0.05) is 22.7 Å². The van der Waals surface area contributed by atoms with Crippen LogP contribution in [0, 0.1) is 13.8 Å². The fourth-order valence-electron chi connectivity index (χ4n) is 4.42. The summed E-state index contributed by atoms with van der Waals surface area (Å²) in [6.07, 6.45) is 1.92. The summed E-state index contributed by atoms with van der Waals surface area (Å²) >= 11 is 0. The van der Waals surface area contributed by atoms with E-state index in [2.05, 4.69) is 81.2 Å². The summed E-state index contributed by atoms with van der Waals surface area (Å²) in [5, 5.41) is 8.45. The van der Waals surface area contributed by atoms with Gasteiger partial charge in [-0.25, -0.2) is 0 Å². The van der Waals surface area contributed by atoms with Crippen LogP contribution in [-0.2, 0) is 6.61 Å². The second-order valence-electron chi connectivity index (χ2n) is 10.2. The van der Waals surface area contributed by atoms with Crippen molar-refractivity contribution in [1.82, 2.24) is 15.2 Å². The first-order valence-corrected chi connectivity index (χ1v) is 12.5. The molecule has 2 heterocycles. The largest absolute Gasteiger partial charge is 0.490 e. The summed E-state index contributed by atoms with van der Waals surface area (Å²) in [5.74, 6) is 2.51. The monoisotopic (exact) mass is 471 g/mol. The number of nitrogens with zero attached hydrogens (tertiary/aromatic N) is 2. The van der Waals surface area contributed by atoms with Crippen LogP contribution in [0.2, 0.25) is 0 Å². The molecule has 5 nitrogen and oxygen atoms in total. The number of H-pyrrole nitrogens is 1. The molecule has 2 aromatic heterocycles. The van der Waals surface area contributed by atoms with Crippen molar-refractivity contribution in [3.05, 3.63) is 70.5 Å². The third-order valence-corrected chi connectivity index (χ3v) is 6.44. The van der Waals surface area contributed by atoms with Crippen molar-refractivity contribution in [3.8, 4) is 22.8 Å². The Bertz CT molecular complexity index is 1340. The topological polar surface area (TPSA) is 60.0 Å². The summed E-state index contributed by atoms with van der Waals surface area (Å²) in [6, 6.07) is 12.8. The molecule has 2 aromatic carbocycles. The molecule has 0 amide bonds. The van der Waals surface area contributed by atoms with Gasteiger partial charge >= 0.3 is 0 Å². The molecule has 0 atom stereocenters. The van der Waals surface area contributed by atoms with E-state index in [1.165, 1.54) is 11.1 Å². The molecule has 0 unspecified atom stereocenters. The number of hydrogen-bond donors (Lipinski definition) is 1. The smallest absolute Gasteiger partial charge is 0.130 e. The molecule has 0 bridgehead atoms. The summed E-state index contributed by atoms with van der Waals surface area (Å²) in [7, 11) is 0. The number of aryl methyl sites for hydroxylation is 2. The number of hydrogen-bond acceptors (Lipinski definition) is 4. The Balaban J connectivity index is 1.78. The highest BCUT2D eigenvalue weighted by atomic mass is 16.5. The first-order valence-electron chi connectivity index (χ1n) is 12.5. The van der Waals surface area contributed by atoms with Gasteiger partial charge in [-0.05, 0) is 68.4 Å². The maximum atomic E-state index is 6.35. The molecule has 0 aliphatic rings. The van der Waals surface area contributed by atoms with E-state index in [9.17, 15) is 0 Å². The molecule has 5 heteroatoms. The quantitative estimate of drug-likeness (QED) is 0.284. The molecule has 35 heavy (non-hydrogen) atoms. The molecule has 0 spiro atoms. The van der Waals surface area contributed by atoms with Crippen LogP contribution >= 0.6 is 0 Å². The normalized spacial score (nSPS) is 11.7. The number of ether oxygens (including phenoxy) is 2. The van der Waals surface area contributed by atoms with Crippen molar-refractivity contribution in [2.24, 2.45) is 0 Å². The Labute approximate surface area is 208 Å². The third kappa shape index (κ3) is 5.19. The minimum Gasteiger partial charge on any atom is -0.490 e. The van der Waals surface area contributed by atoms with Gasteiger partial charge < -0.3 is 9.47 Å². The van der Waals surface area contributed by atoms with Crippen LogP contribution < -0.4 is 9.47 Å². The summed E-state index contributed by atoms with van der Waals surface area (Å²) < 4.78 is 12.7. The van der Waals surface area contributed by atoms with Crippen LogP contribution in [0.4, 0.5) is 0 Å². The third-order valence-electron chi connectivity index (χ3n) is 6.44. The van der Waals surface area contributed by atoms with Crippen molar-refractivity contribution in [3.63, 3.8) is 0 Å². The van der Waals surface area contributed by atoms with Gasteiger partial charge in [0.25, 0.3) is 0 Å². The van der Waals surface area contributed by atoms with E-state index in [0.29, 0.717) is 18.4 Å². The fraction of sp³-hybridized carbons (Fsp3) is 0.400. The molecule has 0 radical (unpaired) electrons. The molecule has 4 aromatic rings. The van der Waals surface area contributed by atoms with E-state index in [1.807, 2.05) is 27.0 Å². The van der Waals surface area contributed by atoms with Gasteiger partial charge in [0.1, 0.15) is 18.1 Å². The van der Waals surface area contributed by atoms with Crippen molar-refractivity contribution in [1.29, 1.82) is 0 Å². The predicted octanol–water partition coefficient (Wildman–Crippen LogP) is 7.85. The molecule has 184 valence electrons. The molecule has 0 aliphatic carbocycles. The van der Waals surface area contributed by atoms with E-state index in [1.54, 1.807) is 0 Å². The summed E-state index contributed by atoms with van der Waals surface area (Å²) in [6.45, 7) is 17.4. The van der Waals surface area contributed by atoms with Gasteiger partial charge in [0.05, 0.1) is 29.1 Å². The molecular formula is C30H37N3O2. The van der Waals surface area contributed by atoms with Gasteiger partial charge in [0.15, 0.2) is 0 Å². The zero-order chi connectivity index (χ0) is 25.3. The maximum Gasteiger partial charge on any atom is 0.130 e. The van der Waals surface area contributed by atoms with E-state index >= 15 is 0 Å². The molecule has 0 aliphatic heterocycles. The molecule has 0 saturated heterocycles. The number of rotatable bonds is 8. The summed E-state index contributed by atoms with van der Waals surface area (Å²) in [5.41, 5.74) is 8.52. The van der Waals surface area contributed by atoms with Crippen molar-refractivity contribution in [2.75, 3.05) is 0 Å². The lowest BCUT2D eigenvalue weighted by Crippen LogP contribution is -2.11. The lowest BCUT2D eigenvalue weighted by molar-refractivity contribution is 0.229. The number of pyridine rings is 1. The van der Waals surface area contributed by atoms with Crippen molar-refractivity contribution < 1.29 is 9.47 Å². The van der Waals surface area contributed by atoms with Crippen LogP contribution in [0.3, 0.4) is 0 Å². The number of benzene rings is 2.